The van der Waals surface area contributed by atoms with Crippen molar-refractivity contribution in [2.45, 2.75) is 32.2 Å². The lowest BCUT2D eigenvalue weighted by Gasteiger charge is -2.36. The third kappa shape index (κ3) is 2.63. The lowest BCUT2D eigenvalue weighted by Crippen LogP contribution is -2.47. The summed E-state index contributed by atoms with van der Waals surface area (Å²) < 4.78 is 0. The summed E-state index contributed by atoms with van der Waals surface area (Å²) in [5, 5.41) is 3.33. The van der Waals surface area contributed by atoms with E-state index in [2.05, 4.69) is 36.1 Å². The topological polar surface area (TPSA) is 35.6 Å². The summed E-state index contributed by atoms with van der Waals surface area (Å²) in [6, 6.07) is 0.546. The highest BCUT2D eigenvalue weighted by atomic mass is 16.2. The largest absolute Gasteiger partial charge is 0.341 e. The van der Waals surface area contributed by atoms with Gasteiger partial charge in [-0.3, -0.25) is 4.79 Å². The molecule has 0 aromatic rings. The molecule has 1 atom stereocenters. The van der Waals surface area contributed by atoms with E-state index in [4.69, 9.17) is 0 Å². The molecule has 0 radical (unpaired) electrons. The number of piperidine rings is 1. The monoisotopic (exact) mass is 239 g/mol. The molecule has 2 aliphatic rings. The number of carbonyl (C=O) groups excluding carboxylic acids is 1. The lowest BCUT2D eigenvalue weighted by molar-refractivity contribution is -0.141. The molecule has 17 heavy (non-hydrogen) atoms. The maximum absolute atomic E-state index is 12.6. The Bertz CT molecular complexity index is 284. The van der Waals surface area contributed by atoms with Gasteiger partial charge < -0.3 is 15.1 Å². The van der Waals surface area contributed by atoms with Crippen LogP contribution in [-0.4, -0.2) is 62.0 Å². The van der Waals surface area contributed by atoms with Crippen LogP contribution in [0, 0.1) is 5.41 Å². The van der Waals surface area contributed by atoms with Gasteiger partial charge in [-0.25, -0.2) is 0 Å². The average molecular weight is 239 g/mol. The third-order valence-corrected chi connectivity index (χ3v) is 4.40. The van der Waals surface area contributed by atoms with Crippen LogP contribution in [-0.2, 0) is 4.79 Å². The number of nitrogens with one attached hydrogen (secondary N) is 1. The van der Waals surface area contributed by atoms with E-state index in [0.717, 1.165) is 45.4 Å². The van der Waals surface area contributed by atoms with Crippen LogP contribution in [0.5, 0.6) is 0 Å². The van der Waals surface area contributed by atoms with E-state index in [1.165, 1.54) is 0 Å². The van der Waals surface area contributed by atoms with E-state index in [1.54, 1.807) is 0 Å². The average Bonchev–Trinajstić information content (AvgIpc) is 2.78. The SMILES string of the molecule is CN(C)C1CCN(C(=O)C2(C)CCNCC2)C1. The van der Waals surface area contributed by atoms with Gasteiger partial charge in [0.25, 0.3) is 0 Å². The Balaban J connectivity index is 1.96. The molecule has 1 amide bonds. The Morgan fingerprint density at radius 1 is 1.35 bits per heavy atom. The van der Waals surface area contributed by atoms with Gasteiger partial charge in [0.15, 0.2) is 0 Å². The second-order valence-corrected chi connectivity index (χ2v) is 5.97. The molecule has 98 valence electrons. The first kappa shape index (κ1) is 12.8. The first-order valence-electron chi connectivity index (χ1n) is 6.69. The molecule has 4 heteroatoms. The highest BCUT2D eigenvalue weighted by Gasteiger charge is 2.40. The van der Waals surface area contributed by atoms with Gasteiger partial charge in [-0.05, 0) is 46.4 Å². The number of likely N-dealkylation sites (N-methyl/N-ethyl adjacent to an activating group) is 1. The summed E-state index contributed by atoms with van der Waals surface area (Å²) in [5.41, 5.74) is -0.119. The van der Waals surface area contributed by atoms with E-state index in [9.17, 15) is 4.79 Å². The molecule has 0 spiro atoms. The summed E-state index contributed by atoms with van der Waals surface area (Å²) in [4.78, 5) is 16.9. The Morgan fingerprint density at radius 2 is 2.00 bits per heavy atom. The molecule has 2 rings (SSSR count). The Labute approximate surface area is 104 Å². The highest BCUT2D eigenvalue weighted by Crippen LogP contribution is 2.32. The molecule has 0 aliphatic carbocycles. The van der Waals surface area contributed by atoms with E-state index in [-0.39, 0.29) is 5.41 Å². The molecule has 1 unspecified atom stereocenters. The summed E-state index contributed by atoms with van der Waals surface area (Å²) in [5.74, 6) is 0.378. The van der Waals surface area contributed by atoms with Gasteiger partial charge in [-0.2, -0.15) is 0 Å². The van der Waals surface area contributed by atoms with Gasteiger partial charge >= 0.3 is 0 Å². The molecule has 0 aromatic heterocycles. The van der Waals surface area contributed by atoms with Gasteiger partial charge in [0.05, 0.1) is 0 Å². The third-order valence-electron chi connectivity index (χ3n) is 4.40. The van der Waals surface area contributed by atoms with Gasteiger partial charge in [-0.15, -0.1) is 0 Å². The number of hydrogen-bond acceptors (Lipinski definition) is 3. The molecule has 4 nitrogen and oxygen atoms in total. The molecule has 2 saturated heterocycles. The van der Waals surface area contributed by atoms with Gasteiger partial charge in [0, 0.05) is 24.5 Å². The number of rotatable bonds is 2. The minimum atomic E-state index is -0.119. The Kier molecular flexibility index (Phi) is 3.73. The molecule has 1 N–H and O–H groups in total. The minimum Gasteiger partial charge on any atom is -0.341 e. The van der Waals surface area contributed by atoms with Crippen molar-refractivity contribution in [2.75, 3.05) is 40.3 Å². The number of amides is 1. The molecule has 2 aliphatic heterocycles. The number of nitrogens with zero attached hydrogens (tertiary/aromatic N) is 2. The Morgan fingerprint density at radius 3 is 2.53 bits per heavy atom. The second-order valence-electron chi connectivity index (χ2n) is 5.97. The first-order valence-corrected chi connectivity index (χ1v) is 6.69. The van der Waals surface area contributed by atoms with Crippen LogP contribution in [0.2, 0.25) is 0 Å². The van der Waals surface area contributed by atoms with Crippen LogP contribution in [0.3, 0.4) is 0 Å². The lowest BCUT2D eigenvalue weighted by atomic mass is 9.80. The van der Waals surface area contributed by atoms with Crippen molar-refractivity contribution in [1.82, 2.24) is 15.1 Å². The van der Waals surface area contributed by atoms with E-state index in [1.807, 2.05) is 0 Å². The smallest absolute Gasteiger partial charge is 0.228 e. The standard InChI is InChI=1S/C13H25N3O/c1-13(5-7-14-8-6-13)12(17)16-9-4-11(10-16)15(2)3/h11,14H,4-10H2,1-3H3. The minimum absolute atomic E-state index is 0.119. The fraction of sp³-hybridized carbons (Fsp3) is 0.923. The molecule has 0 saturated carbocycles. The number of carbonyl (C=O) groups is 1. The van der Waals surface area contributed by atoms with Crippen molar-refractivity contribution >= 4 is 5.91 Å². The number of hydrogen-bond donors (Lipinski definition) is 1. The zero-order chi connectivity index (χ0) is 12.5. The predicted molar refractivity (Wildman–Crippen MR) is 68.9 cm³/mol. The van der Waals surface area contributed by atoms with Crippen molar-refractivity contribution in [1.29, 1.82) is 0 Å². The number of likely N-dealkylation sites (tertiary alicyclic amines) is 1. The van der Waals surface area contributed by atoms with Crippen LogP contribution >= 0.6 is 0 Å². The summed E-state index contributed by atoms with van der Waals surface area (Å²) in [7, 11) is 4.20. The van der Waals surface area contributed by atoms with Crippen molar-refractivity contribution in [2.24, 2.45) is 5.41 Å². The predicted octanol–water partition coefficient (Wildman–Crippen LogP) is 0.539. The van der Waals surface area contributed by atoms with E-state index >= 15 is 0 Å². The molecular weight excluding hydrogens is 214 g/mol. The summed E-state index contributed by atoms with van der Waals surface area (Å²) in [6.07, 6.45) is 3.08. The fourth-order valence-electron chi connectivity index (χ4n) is 2.92. The van der Waals surface area contributed by atoms with Crippen molar-refractivity contribution in [3.05, 3.63) is 0 Å². The summed E-state index contributed by atoms with van der Waals surface area (Å²) in [6.45, 7) is 5.94. The zero-order valence-corrected chi connectivity index (χ0v) is 11.3. The molecule has 2 fully saturated rings. The van der Waals surface area contributed by atoms with Crippen molar-refractivity contribution in [3.63, 3.8) is 0 Å². The molecule has 0 aromatic carbocycles. The Hall–Kier alpha value is -0.610. The normalized spacial score (nSPS) is 28.7. The van der Waals surface area contributed by atoms with Gasteiger partial charge in [0.1, 0.15) is 0 Å². The van der Waals surface area contributed by atoms with Crippen LogP contribution in [0.15, 0.2) is 0 Å². The first-order chi connectivity index (χ1) is 8.03. The quantitative estimate of drug-likeness (QED) is 0.764. The van der Waals surface area contributed by atoms with Gasteiger partial charge in [-0.1, -0.05) is 6.92 Å². The van der Waals surface area contributed by atoms with Crippen LogP contribution < -0.4 is 5.32 Å². The molecule has 2 heterocycles. The molecular formula is C13H25N3O. The summed E-state index contributed by atoms with van der Waals surface area (Å²) >= 11 is 0. The van der Waals surface area contributed by atoms with Crippen molar-refractivity contribution < 1.29 is 4.79 Å². The maximum Gasteiger partial charge on any atom is 0.228 e. The van der Waals surface area contributed by atoms with Crippen LogP contribution in [0.1, 0.15) is 26.2 Å². The highest BCUT2D eigenvalue weighted by molar-refractivity contribution is 5.82. The van der Waals surface area contributed by atoms with Crippen molar-refractivity contribution in [3.8, 4) is 0 Å². The van der Waals surface area contributed by atoms with Crippen LogP contribution in [0.25, 0.3) is 0 Å². The fourth-order valence-corrected chi connectivity index (χ4v) is 2.92. The van der Waals surface area contributed by atoms with E-state index in [0.29, 0.717) is 11.9 Å². The van der Waals surface area contributed by atoms with Gasteiger partial charge in [0.2, 0.25) is 5.91 Å². The van der Waals surface area contributed by atoms with Crippen LogP contribution in [0.4, 0.5) is 0 Å². The molecule has 0 bridgehead atoms. The van der Waals surface area contributed by atoms with E-state index < -0.39 is 0 Å². The second kappa shape index (κ2) is 4.94. The maximum atomic E-state index is 12.6. The zero-order valence-electron chi connectivity index (χ0n) is 11.3.